The molecule has 4 nitrogen and oxygen atoms in total. The highest BCUT2D eigenvalue weighted by molar-refractivity contribution is 5.87. The van der Waals surface area contributed by atoms with Crippen molar-refractivity contribution in [2.24, 2.45) is 0 Å². The minimum absolute atomic E-state index is 0.0114. The summed E-state index contributed by atoms with van der Waals surface area (Å²) in [6.07, 6.45) is 3.51. The maximum Gasteiger partial charge on any atom is 0.358 e. The van der Waals surface area contributed by atoms with Crippen molar-refractivity contribution in [2.45, 2.75) is 19.8 Å². The van der Waals surface area contributed by atoms with Gasteiger partial charge in [-0.2, -0.15) is 0 Å². The lowest BCUT2D eigenvalue weighted by atomic mass is 10.1. The third-order valence-electron chi connectivity index (χ3n) is 2.61. The second-order valence-electron chi connectivity index (χ2n) is 4.47. The van der Waals surface area contributed by atoms with Crippen molar-refractivity contribution in [2.75, 3.05) is 0 Å². The van der Waals surface area contributed by atoms with Crippen molar-refractivity contribution in [1.82, 2.24) is 4.98 Å². The minimum Gasteiger partial charge on any atom is -0.476 e. The summed E-state index contributed by atoms with van der Waals surface area (Å²) in [5.41, 5.74) is 0.992. The molecule has 0 amide bonds. The molecule has 1 aromatic heterocycles. The van der Waals surface area contributed by atoms with Gasteiger partial charge in [-0.1, -0.05) is 44.2 Å². The average Bonchev–Trinajstić information content (AvgIpc) is 2.82. The first-order chi connectivity index (χ1) is 9.08. The van der Waals surface area contributed by atoms with Crippen LogP contribution in [0.25, 0.3) is 12.2 Å². The molecule has 0 unspecified atom stereocenters. The third-order valence-corrected chi connectivity index (χ3v) is 2.61. The second kappa shape index (κ2) is 5.52. The van der Waals surface area contributed by atoms with Crippen LogP contribution in [0, 0.1) is 0 Å². The standard InChI is InChI=1S/C15H15NO3/c1-10(2)14-13(15(17)18)16-12(19-14)9-8-11-6-4-3-5-7-11/h3-10H,1-2H3,(H,17,18)/b9-8+. The van der Waals surface area contributed by atoms with Crippen LogP contribution in [0.5, 0.6) is 0 Å². The summed E-state index contributed by atoms with van der Waals surface area (Å²) < 4.78 is 5.48. The Balaban J connectivity index is 2.29. The number of aromatic nitrogens is 1. The fourth-order valence-electron chi connectivity index (χ4n) is 1.70. The number of carbonyl (C=O) groups is 1. The zero-order valence-electron chi connectivity index (χ0n) is 10.8. The second-order valence-corrected chi connectivity index (χ2v) is 4.47. The number of nitrogens with zero attached hydrogens (tertiary/aromatic N) is 1. The van der Waals surface area contributed by atoms with Gasteiger partial charge in [0.2, 0.25) is 5.89 Å². The fraction of sp³-hybridized carbons (Fsp3) is 0.200. The molecule has 0 aliphatic heterocycles. The smallest absolute Gasteiger partial charge is 0.358 e. The number of hydrogen-bond acceptors (Lipinski definition) is 3. The van der Waals surface area contributed by atoms with Gasteiger partial charge in [0.05, 0.1) is 0 Å². The predicted octanol–water partition coefficient (Wildman–Crippen LogP) is 3.67. The minimum atomic E-state index is -1.06. The first-order valence-corrected chi connectivity index (χ1v) is 6.05. The Hall–Kier alpha value is -2.36. The van der Waals surface area contributed by atoms with Crippen molar-refractivity contribution in [3.05, 3.63) is 53.2 Å². The first-order valence-electron chi connectivity index (χ1n) is 6.05. The number of benzene rings is 1. The summed E-state index contributed by atoms with van der Waals surface area (Å²) in [5, 5.41) is 9.07. The molecule has 0 bridgehead atoms. The van der Waals surface area contributed by atoms with Gasteiger partial charge in [-0.25, -0.2) is 9.78 Å². The molecule has 98 valence electrons. The van der Waals surface area contributed by atoms with Crippen molar-refractivity contribution in [3.8, 4) is 0 Å². The van der Waals surface area contributed by atoms with E-state index in [0.29, 0.717) is 11.7 Å². The summed E-state index contributed by atoms with van der Waals surface area (Å²) in [5.74, 6) is -0.366. The lowest BCUT2D eigenvalue weighted by Crippen LogP contribution is -2.02. The van der Waals surface area contributed by atoms with Crippen molar-refractivity contribution in [1.29, 1.82) is 0 Å². The van der Waals surface area contributed by atoms with Crippen LogP contribution in [-0.4, -0.2) is 16.1 Å². The van der Waals surface area contributed by atoms with Gasteiger partial charge in [0, 0.05) is 12.0 Å². The molecule has 4 heteroatoms. The number of aromatic carboxylic acids is 1. The van der Waals surface area contributed by atoms with Crippen LogP contribution in [0.3, 0.4) is 0 Å². The maximum absolute atomic E-state index is 11.1. The van der Waals surface area contributed by atoms with Crippen LogP contribution < -0.4 is 0 Å². The van der Waals surface area contributed by atoms with E-state index >= 15 is 0 Å². The Kier molecular flexibility index (Phi) is 3.80. The Bertz CT molecular complexity index is 597. The fourth-order valence-corrected chi connectivity index (χ4v) is 1.70. The topological polar surface area (TPSA) is 63.3 Å². The highest BCUT2D eigenvalue weighted by Crippen LogP contribution is 2.22. The largest absolute Gasteiger partial charge is 0.476 e. The van der Waals surface area contributed by atoms with Gasteiger partial charge >= 0.3 is 5.97 Å². The zero-order chi connectivity index (χ0) is 13.8. The van der Waals surface area contributed by atoms with E-state index in [1.807, 2.05) is 50.3 Å². The molecule has 0 saturated heterocycles. The molecule has 1 N–H and O–H groups in total. The van der Waals surface area contributed by atoms with E-state index in [4.69, 9.17) is 9.52 Å². The molecule has 1 aromatic carbocycles. The van der Waals surface area contributed by atoms with Crippen LogP contribution >= 0.6 is 0 Å². The van der Waals surface area contributed by atoms with Crippen LogP contribution in [0.15, 0.2) is 34.7 Å². The van der Waals surface area contributed by atoms with Crippen LogP contribution in [-0.2, 0) is 0 Å². The van der Waals surface area contributed by atoms with Crippen molar-refractivity contribution >= 4 is 18.1 Å². The van der Waals surface area contributed by atoms with Gasteiger partial charge in [0.1, 0.15) is 5.76 Å². The Morgan fingerprint density at radius 2 is 1.95 bits per heavy atom. The van der Waals surface area contributed by atoms with Crippen molar-refractivity contribution < 1.29 is 14.3 Å². The maximum atomic E-state index is 11.1. The molecule has 0 fully saturated rings. The molecule has 0 radical (unpaired) electrons. The van der Waals surface area contributed by atoms with Gasteiger partial charge in [0.15, 0.2) is 5.69 Å². The van der Waals surface area contributed by atoms with Crippen LogP contribution in [0.2, 0.25) is 0 Å². The lowest BCUT2D eigenvalue weighted by Gasteiger charge is -1.98. The van der Waals surface area contributed by atoms with E-state index in [1.165, 1.54) is 0 Å². The normalized spacial score (nSPS) is 11.3. The van der Waals surface area contributed by atoms with Gasteiger partial charge in [-0.05, 0) is 11.6 Å². The SMILES string of the molecule is CC(C)c1oc(/C=C/c2ccccc2)nc1C(=O)O. The quantitative estimate of drug-likeness (QED) is 0.907. The summed E-state index contributed by atoms with van der Waals surface area (Å²) in [7, 11) is 0. The van der Waals surface area contributed by atoms with E-state index in [1.54, 1.807) is 6.08 Å². The van der Waals surface area contributed by atoms with E-state index in [0.717, 1.165) is 5.56 Å². The van der Waals surface area contributed by atoms with Crippen molar-refractivity contribution in [3.63, 3.8) is 0 Å². The van der Waals surface area contributed by atoms with Gasteiger partial charge < -0.3 is 9.52 Å². The third kappa shape index (κ3) is 3.10. The molecule has 0 saturated carbocycles. The summed E-state index contributed by atoms with van der Waals surface area (Å²) in [6.45, 7) is 3.75. The highest BCUT2D eigenvalue weighted by atomic mass is 16.4. The molecule has 2 rings (SSSR count). The summed E-state index contributed by atoms with van der Waals surface area (Å²) in [4.78, 5) is 15.1. The number of oxazole rings is 1. The number of rotatable bonds is 4. The van der Waals surface area contributed by atoms with E-state index < -0.39 is 5.97 Å². The van der Waals surface area contributed by atoms with E-state index in [9.17, 15) is 4.79 Å². The number of hydrogen-bond donors (Lipinski definition) is 1. The molecule has 2 aromatic rings. The zero-order valence-corrected chi connectivity index (χ0v) is 10.8. The number of carboxylic acids is 1. The Morgan fingerprint density at radius 1 is 1.26 bits per heavy atom. The Morgan fingerprint density at radius 3 is 2.47 bits per heavy atom. The van der Waals surface area contributed by atoms with Gasteiger partial charge in [0.25, 0.3) is 0 Å². The van der Waals surface area contributed by atoms with E-state index in [-0.39, 0.29) is 11.6 Å². The Labute approximate surface area is 111 Å². The molecular weight excluding hydrogens is 242 g/mol. The molecule has 0 aliphatic rings. The molecule has 0 aliphatic carbocycles. The van der Waals surface area contributed by atoms with E-state index in [2.05, 4.69) is 4.98 Å². The highest BCUT2D eigenvalue weighted by Gasteiger charge is 2.20. The average molecular weight is 257 g/mol. The van der Waals surface area contributed by atoms with Gasteiger partial charge in [-0.15, -0.1) is 0 Å². The van der Waals surface area contributed by atoms with Crippen LogP contribution in [0.4, 0.5) is 0 Å². The lowest BCUT2D eigenvalue weighted by molar-refractivity contribution is 0.0688. The molecule has 1 heterocycles. The van der Waals surface area contributed by atoms with Gasteiger partial charge in [-0.3, -0.25) is 0 Å². The number of carboxylic acid groups (broad SMARTS) is 1. The predicted molar refractivity (Wildman–Crippen MR) is 72.9 cm³/mol. The molecular formula is C15H15NO3. The molecule has 0 spiro atoms. The first kappa shape index (κ1) is 13.1. The summed E-state index contributed by atoms with van der Waals surface area (Å²) >= 11 is 0. The van der Waals surface area contributed by atoms with Crippen LogP contribution in [0.1, 0.15) is 47.5 Å². The monoisotopic (exact) mass is 257 g/mol. The summed E-state index contributed by atoms with van der Waals surface area (Å²) in [6, 6.07) is 9.68. The molecule has 0 atom stereocenters. The molecule has 19 heavy (non-hydrogen) atoms.